The zero-order valence-corrected chi connectivity index (χ0v) is 13.0. The number of hydrogen-bond donors (Lipinski definition) is 2. The average molecular weight is 362 g/mol. The standard InChI is InChI=1S/C13H19IN2O2/c1-13(2,3)18-12(17)16-8-11(15)9-6-4-5-7-10(9)14/h4-7,11H,8,15H2,1-3H3,(H,16,17)/t11-/m0/s1. The molecule has 100 valence electrons. The van der Waals surface area contributed by atoms with E-state index in [1.165, 1.54) is 0 Å². The maximum Gasteiger partial charge on any atom is 0.407 e. The molecule has 0 heterocycles. The van der Waals surface area contributed by atoms with E-state index in [9.17, 15) is 4.79 Å². The fourth-order valence-corrected chi connectivity index (χ4v) is 2.18. The second-order valence-corrected chi connectivity index (χ2v) is 6.17. The van der Waals surface area contributed by atoms with Crippen LogP contribution in [0.5, 0.6) is 0 Å². The van der Waals surface area contributed by atoms with E-state index in [-0.39, 0.29) is 6.04 Å². The molecule has 1 aromatic rings. The van der Waals surface area contributed by atoms with Crippen LogP contribution >= 0.6 is 22.6 Å². The molecule has 0 aliphatic carbocycles. The van der Waals surface area contributed by atoms with E-state index in [0.717, 1.165) is 9.13 Å². The maximum atomic E-state index is 11.5. The van der Waals surface area contributed by atoms with Crippen molar-refractivity contribution in [2.45, 2.75) is 32.4 Å². The van der Waals surface area contributed by atoms with E-state index in [1.807, 2.05) is 45.0 Å². The second kappa shape index (κ2) is 6.38. The molecule has 1 rings (SSSR count). The van der Waals surface area contributed by atoms with E-state index in [1.54, 1.807) is 0 Å². The number of ether oxygens (including phenoxy) is 1. The lowest BCUT2D eigenvalue weighted by molar-refractivity contribution is 0.0524. The number of rotatable bonds is 3. The van der Waals surface area contributed by atoms with Gasteiger partial charge in [-0.05, 0) is 55.0 Å². The van der Waals surface area contributed by atoms with Crippen LogP contribution in [0.2, 0.25) is 0 Å². The number of nitrogens with two attached hydrogens (primary N) is 1. The van der Waals surface area contributed by atoms with Gasteiger partial charge in [0.05, 0.1) is 0 Å². The number of halogens is 1. The molecule has 1 amide bonds. The van der Waals surface area contributed by atoms with E-state index in [2.05, 4.69) is 27.9 Å². The summed E-state index contributed by atoms with van der Waals surface area (Å²) in [6.07, 6.45) is -0.441. The highest BCUT2D eigenvalue weighted by Gasteiger charge is 2.17. The molecule has 0 fully saturated rings. The summed E-state index contributed by atoms with van der Waals surface area (Å²) in [5.41, 5.74) is 6.56. The predicted octanol–water partition coefficient (Wildman–Crippen LogP) is 2.82. The SMILES string of the molecule is CC(C)(C)OC(=O)NC[C@H](N)c1ccccc1I. The van der Waals surface area contributed by atoms with Crippen molar-refractivity contribution in [1.29, 1.82) is 0 Å². The zero-order chi connectivity index (χ0) is 13.8. The molecule has 0 bridgehead atoms. The van der Waals surface area contributed by atoms with Crippen LogP contribution in [-0.4, -0.2) is 18.2 Å². The van der Waals surface area contributed by atoms with Crippen molar-refractivity contribution in [3.05, 3.63) is 33.4 Å². The Morgan fingerprint density at radius 1 is 1.44 bits per heavy atom. The van der Waals surface area contributed by atoms with Crippen molar-refractivity contribution in [2.75, 3.05) is 6.54 Å². The molecular weight excluding hydrogens is 343 g/mol. The molecular formula is C13H19IN2O2. The summed E-state index contributed by atoms with van der Waals surface area (Å²) in [7, 11) is 0. The van der Waals surface area contributed by atoms with Gasteiger partial charge in [-0.2, -0.15) is 0 Å². The predicted molar refractivity (Wildman–Crippen MR) is 80.3 cm³/mol. The van der Waals surface area contributed by atoms with E-state index in [0.29, 0.717) is 6.54 Å². The molecule has 3 N–H and O–H groups in total. The Kier molecular flexibility index (Phi) is 5.40. The Bertz CT molecular complexity index is 416. The van der Waals surface area contributed by atoms with Crippen LogP contribution in [0.1, 0.15) is 32.4 Å². The first-order valence-corrected chi connectivity index (χ1v) is 6.84. The third kappa shape index (κ3) is 5.22. The largest absolute Gasteiger partial charge is 0.444 e. The lowest BCUT2D eigenvalue weighted by Crippen LogP contribution is -2.36. The molecule has 0 aliphatic rings. The van der Waals surface area contributed by atoms with Crippen LogP contribution in [0.25, 0.3) is 0 Å². The Balaban J connectivity index is 2.49. The number of carbonyl (C=O) groups is 1. The highest BCUT2D eigenvalue weighted by Crippen LogP contribution is 2.17. The number of alkyl carbamates (subject to hydrolysis) is 1. The van der Waals surface area contributed by atoms with Gasteiger partial charge in [0, 0.05) is 16.2 Å². The number of hydrogen-bond acceptors (Lipinski definition) is 3. The maximum absolute atomic E-state index is 11.5. The summed E-state index contributed by atoms with van der Waals surface area (Å²) in [5.74, 6) is 0. The van der Waals surface area contributed by atoms with Crippen LogP contribution in [-0.2, 0) is 4.74 Å². The molecule has 0 unspecified atom stereocenters. The van der Waals surface area contributed by atoms with Gasteiger partial charge in [-0.15, -0.1) is 0 Å². The molecule has 1 aromatic carbocycles. The third-order valence-corrected chi connectivity index (χ3v) is 3.15. The summed E-state index contributed by atoms with van der Waals surface area (Å²) in [5, 5.41) is 2.68. The second-order valence-electron chi connectivity index (χ2n) is 5.01. The minimum Gasteiger partial charge on any atom is -0.444 e. The molecule has 0 saturated carbocycles. The van der Waals surface area contributed by atoms with Gasteiger partial charge >= 0.3 is 6.09 Å². The molecule has 5 heteroatoms. The average Bonchev–Trinajstić information content (AvgIpc) is 2.24. The number of nitrogens with one attached hydrogen (secondary N) is 1. The van der Waals surface area contributed by atoms with Crippen molar-refractivity contribution in [2.24, 2.45) is 5.73 Å². The lowest BCUT2D eigenvalue weighted by atomic mass is 10.1. The Morgan fingerprint density at radius 3 is 2.61 bits per heavy atom. The van der Waals surface area contributed by atoms with Crippen molar-refractivity contribution in [3.63, 3.8) is 0 Å². The molecule has 18 heavy (non-hydrogen) atoms. The third-order valence-electron chi connectivity index (χ3n) is 2.17. The van der Waals surface area contributed by atoms with Crippen LogP contribution in [0, 0.1) is 3.57 Å². The first-order valence-electron chi connectivity index (χ1n) is 5.76. The first kappa shape index (κ1) is 15.2. The summed E-state index contributed by atoms with van der Waals surface area (Å²) >= 11 is 2.23. The van der Waals surface area contributed by atoms with Crippen molar-refractivity contribution in [3.8, 4) is 0 Å². The summed E-state index contributed by atoms with van der Waals surface area (Å²) in [6.45, 7) is 5.83. The topological polar surface area (TPSA) is 64.3 Å². The molecule has 0 aliphatic heterocycles. The monoisotopic (exact) mass is 362 g/mol. The lowest BCUT2D eigenvalue weighted by Gasteiger charge is -2.21. The molecule has 0 saturated heterocycles. The van der Waals surface area contributed by atoms with Gasteiger partial charge in [0.1, 0.15) is 5.60 Å². The fraction of sp³-hybridized carbons (Fsp3) is 0.462. The first-order chi connectivity index (χ1) is 8.29. The quantitative estimate of drug-likeness (QED) is 0.813. The van der Waals surface area contributed by atoms with E-state index >= 15 is 0 Å². The molecule has 0 radical (unpaired) electrons. The minimum absolute atomic E-state index is 0.231. The Morgan fingerprint density at radius 2 is 2.06 bits per heavy atom. The van der Waals surface area contributed by atoms with Gasteiger partial charge in [-0.25, -0.2) is 4.79 Å². The molecule has 0 aromatic heterocycles. The van der Waals surface area contributed by atoms with Crippen LogP contribution in [0.15, 0.2) is 24.3 Å². The number of amides is 1. The Labute approximate surface area is 121 Å². The van der Waals surface area contributed by atoms with Crippen molar-refractivity contribution in [1.82, 2.24) is 5.32 Å². The molecule has 0 spiro atoms. The number of benzene rings is 1. The van der Waals surface area contributed by atoms with E-state index in [4.69, 9.17) is 10.5 Å². The normalized spacial score (nSPS) is 12.9. The summed E-state index contributed by atoms with van der Waals surface area (Å²) in [6, 6.07) is 7.61. The van der Waals surface area contributed by atoms with Gasteiger partial charge in [-0.1, -0.05) is 18.2 Å². The van der Waals surface area contributed by atoms with Gasteiger partial charge in [0.25, 0.3) is 0 Å². The van der Waals surface area contributed by atoms with Gasteiger partial charge in [0.2, 0.25) is 0 Å². The van der Waals surface area contributed by atoms with Crippen LogP contribution in [0.3, 0.4) is 0 Å². The van der Waals surface area contributed by atoms with Crippen LogP contribution < -0.4 is 11.1 Å². The number of carbonyl (C=O) groups excluding carboxylic acids is 1. The molecule has 4 nitrogen and oxygen atoms in total. The minimum atomic E-state index is -0.491. The van der Waals surface area contributed by atoms with Crippen LogP contribution in [0.4, 0.5) is 4.79 Å². The Hall–Kier alpha value is -0.820. The summed E-state index contributed by atoms with van der Waals surface area (Å²) < 4.78 is 6.24. The highest BCUT2D eigenvalue weighted by molar-refractivity contribution is 14.1. The highest BCUT2D eigenvalue weighted by atomic mass is 127. The summed E-state index contributed by atoms with van der Waals surface area (Å²) in [4.78, 5) is 11.5. The smallest absolute Gasteiger partial charge is 0.407 e. The van der Waals surface area contributed by atoms with Gasteiger partial charge in [-0.3, -0.25) is 0 Å². The van der Waals surface area contributed by atoms with Crippen molar-refractivity contribution >= 4 is 28.7 Å². The van der Waals surface area contributed by atoms with E-state index < -0.39 is 11.7 Å². The van der Waals surface area contributed by atoms with Gasteiger partial charge < -0.3 is 15.8 Å². The fourth-order valence-electron chi connectivity index (χ4n) is 1.39. The van der Waals surface area contributed by atoms with Crippen molar-refractivity contribution < 1.29 is 9.53 Å². The molecule has 1 atom stereocenters. The zero-order valence-electron chi connectivity index (χ0n) is 10.9. The van der Waals surface area contributed by atoms with Gasteiger partial charge in [0.15, 0.2) is 0 Å².